The second-order valence-corrected chi connectivity index (χ2v) is 15.0. The molecule has 0 bridgehead atoms. The lowest BCUT2D eigenvalue weighted by Gasteiger charge is -2.48. The topological polar surface area (TPSA) is 41.4 Å². The Hall–Kier alpha value is -6.65. The van der Waals surface area contributed by atoms with Gasteiger partial charge in [-0.05, 0) is 51.6 Å². The lowest BCUT2D eigenvalue weighted by molar-refractivity contribution is 0.444. The number of rotatable bonds is 3. The summed E-state index contributed by atoms with van der Waals surface area (Å²) in [6, 6.07) is 50.3. The molecule has 4 atom stereocenters. The van der Waals surface area contributed by atoms with Crippen LogP contribution in [0.4, 0.5) is 5.69 Å². The highest BCUT2D eigenvalue weighted by Gasteiger charge is 2.60. The van der Waals surface area contributed by atoms with Crippen molar-refractivity contribution < 1.29 is 0 Å². The van der Waals surface area contributed by atoms with Gasteiger partial charge in [0, 0.05) is 33.9 Å². The van der Waals surface area contributed by atoms with E-state index < -0.39 is 5.41 Å². The van der Waals surface area contributed by atoms with Crippen molar-refractivity contribution in [3.8, 4) is 22.6 Å². The molecule has 0 fully saturated rings. The van der Waals surface area contributed by atoms with E-state index in [-0.39, 0.29) is 17.9 Å². The number of hydrogen-bond donors (Lipinski definition) is 0. The first kappa shape index (κ1) is 29.9. The summed E-state index contributed by atoms with van der Waals surface area (Å²) in [6.07, 6.45) is 15.0. The molecular formula is C50H34N4. The van der Waals surface area contributed by atoms with Crippen LogP contribution in [0, 0.1) is 5.92 Å². The molecule has 3 aliphatic carbocycles. The fraction of sp³-hybridized carbons (Fsp3) is 0.100. The molecule has 4 nitrogen and oxygen atoms in total. The van der Waals surface area contributed by atoms with Gasteiger partial charge < -0.3 is 0 Å². The molecule has 1 spiro atoms. The summed E-state index contributed by atoms with van der Waals surface area (Å²) in [6.45, 7) is 0. The standard InChI is InChI=1S/C50H34N4/c1-2-16-32(17-3-1)49-52-43-29-14-27-41-47(43)54(49)44-30-11-9-25-39(44)50(41)38-24-8-6-20-35(38)45-37(23-13-26-40(45)50)48-51-42-28-10-7-21-36(42)46(53-48)34-22-12-18-31-15-4-5-19-33(31)34/h1-28,30,35,38,43H,29H2. The molecular weight excluding hydrogens is 657 g/mol. The van der Waals surface area contributed by atoms with Gasteiger partial charge in [-0.15, -0.1) is 0 Å². The van der Waals surface area contributed by atoms with Crippen molar-refractivity contribution in [1.29, 1.82) is 0 Å². The summed E-state index contributed by atoms with van der Waals surface area (Å²) >= 11 is 0. The van der Waals surface area contributed by atoms with Crippen LogP contribution in [-0.2, 0) is 5.41 Å². The van der Waals surface area contributed by atoms with Crippen LogP contribution in [0.1, 0.15) is 34.6 Å². The Balaban J connectivity index is 1.14. The first-order chi connectivity index (χ1) is 26.8. The maximum atomic E-state index is 5.54. The number of amidine groups is 1. The molecule has 0 amide bonds. The monoisotopic (exact) mass is 690 g/mol. The highest BCUT2D eigenvalue weighted by molar-refractivity contribution is 6.15. The Morgan fingerprint density at radius 1 is 0.630 bits per heavy atom. The number of para-hydroxylation sites is 2. The van der Waals surface area contributed by atoms with Crippen molar-refractivity contribution in [2.75, 3.05) is 4.90 Å². The second kappa shape index (κ2) is 11.2. The molecule has 7 aromatic rings. The molecule has 3 heterocycles. The van der Waals surface area contributed by atoms with E-state index >= 15 is 0 Å². The summed E-state index contributed by atoms with van der Waals surface area (Å²) in [4.78, 5) is 18.8. The number of benzene rings is 6. The SMILES string of the molecule is C1=CC2c3c(-c4nc(-c5cccc6ccccc56)c5ccccc5n4)cccc3C3(C4=C5C(CC=C4)N=C(c4ccccc4)N5c4ccccc43)C2C=C1. The van der Waals surface area contributed by atoms with Gasteiger partial charge in [-0.3, -0.25) is 9.89 Å². The zero-order chi connectivity index (χ0) is 35.4. The Morgan fingerprint density at radius 3 is 2.31 bits per heavy atom. The molecule has 2 aliphatic heterocycles. The summed E-state index contributed by atoms with van der Waals surface area (Å²) in [5, 5.41) is 3.45. The lowest BCUT2D eigenvalue weighted by Crippen LogP contribution is -2.45. The van der Waals surface area contributed by atoms with Gasteiger partial charge in [0.15, 0.2) is 5.82 Å². The summed E-state index contributed by atoms with van der Waals surface area (Å²) in [5.41, 5.74) is 12.7. The third-order valence-electron chi connectivity index (χ3n) is 12.4. The lowest BCUT2D eigenvalue weighted by atomic mass is 9.59. The van der Waals surface area contributed by atoms with E-state index in [0.29, 0.717) is 0 Å². The van der Waals surface area contributed by atoms with E-state index in [2.05, 4.69) is 181 Å². The third-order valence-corrected chi connectivity index (χ3v) is 12.4. The molecule has 0 saturated carbocycles. The Bertz CT molecular complexity index is 2890. The molecule has 0 saturated heterocycles. The fourth-order valence-corrected chi connectivity index (χ4v) is 10.3. The normalized spacial score (nSPS) is 22.8. The van der Waals surface area contributed by atoms with Crippen LogP contribution >= 0.6 is 0 Å². The van der Waals surface area contributed by atoms with Crippen molar-refractivity contribution in [3.05, 3.63) is 210 Å². The molecule has 4 unspecified atom stereocenters. The molecule has 4 heteroatoms. The van der Waals surface area contributed by atoms with Crippen LogP contribution in [0.15, 0.2) is 192 Å². The summed E-state index contributed by atoms with van der Waals surface area (Å²) in [5.74, 6) is 2.09. The summed E-state index contributed by atoms with van der Waals surface area (Å²) in [7, 11) is 0. The maximum absolute atomic E-state index is 5.54. The Morgan fingerprint density at radius 2 is 1.37 bits per heavy atom. The van der Waals surface area contributed by atoms with Crippen LogP contribution in [0.25, 0.3) is 44.3 Å². The number of aliphatic imine (C=N–C) groups is 1. The second-order valence-electron chi connectivity index (χ2n) is 15.0. The molecule has 0 N–H and O–H groups in total. The average molecular weight is 691 g/mol. The number of anilines is 1. The first-order valence-corrected chi connectivity index (χ1v) is 19.0. The first-order valence-electron chi connectivity index (χ1n) is 19.0. The smallest absolute Gasteiger partial charge is 0.160 e. The minimum atomic E-state index is -0.425. The van der Waals surface area contributed by atoms with E-state index in [1.807, 2.05) is 0 Å². The van der Waals surface area contributed by atoms with Crippen molar-refractivity contribution in [2.24, 2.45) is 10.9 Å². The Labute approximate surface area is 313 Å². The molecule has 54 heavy (non-hydrogen) atoms. The summed E-state index contributed by atoms with van der Waals surface area (Å²) < 4.78 is 0. The predicted molar refractivity (Wildman–Crippen MR) is 220 cm³/mol. The number of hydrogen-bond acceptors (Lipinski definition) is 4. The molecule has 0 radical (unpaired) electrons. The van der Waals surface area contributed by atoms with E-state index in [0.717, 1.165) is 51.4 Å². The Kier molecular flexibility index (Phi) is 6.18. The van der Waals surface area contributed by atoms with Crippen molar-refractivity contribution in [1.82, 2.24) is 9.97 Å². The highest BCUT2D eigenvalue weighted by Crippen LogP contribution is 2.66. The zero-order valence-electron chi connectivity index (χ0n) is 29.5. The number of aromatic nitrogens is 2. The van der Waals surface area contributed by atoms with Crippen molar-refractivity contribution >= 4 is 33.2 Å². The van der Waals surface area contributed by atoms with Gasteiger partial charge in [0.05, 0.1) is 34.1 Å². The van der Waals surface area contributed by atoms with Crippen LogP contribution in [0.2, 0.25) is 0 Å². The van der Waals surface area contributed by atoms with Gasteiger partial charge in [-0.25, -0.2) is 9.97 Å². The van der Waals surface area contributed by atoms with Crippen LogP contribution in [0.5, 0.6) is 0 Å². The largest absolute Gasteiger partial charge is 0.296 e. The van der Waals surface area contributed by atoms with Crippen molar-refractivity contribution in [3.63, 3.8) is 0 Å². The molecule has 12 rings (SSSR count). The molecule has 5 aliphatic rings. The zero-order valence-corrected chi connectivity index (χ0v) is 29.5. The minimum Gasteiger partial charge on any atom is -0.296 e. The van der Waals surface area contributed by atoms with Gasteiger partial charge in [0.1, 0.15) is 5.84 Å². The van der Waals surface area contributed by atoms with E-state index in [9.17, 15) is 0 Å². The van der Waals surface area contributed by atoms with Crippen molar-refractivity contribution in [2.45, 2.75) is 23.8 Å². The predicted octanol–water partition coefficient (Wildman–Crippen LogP) is 11.1. The van der Waals surface area contributed by atoms with Gasteiger partial charge in [-0.1, -0.05) is 164 Å². The third kappa shape index (κ3) is 3.89. The highest BCUT2D eigenvalue weighted by atomic mass is 15.3. The maximum Gasteiger partial charge on any atom is 0.160 e. The van der Waals surface area contributed by atoms with Crippen LogP contribution in [-0.4, -0.2) is 21.8 Å². The van der Waals surface area contributed by atoms with E-state index in [1.54, 1.807) is 0 Å². The van der Waals surface area contributed by atoms with E-state index in [4.69, 9.17) is 15.0 Å². The van der Waals surface area contributed by atoms with Crippen LogP contribution < -0.4 is 4.90 Å². The molecule has 6 aromatic carbocycles. The average Bonchev–Trinajstić information content (AvgIpc) is 3.78. The van der Waals surface area contributed by atoms with Gasteiger partial charge in [-0.2, -0.15) is 0 Å². The number of allylic oxidation sites excluding steroid dienone is 6. The minimum absolute atomic E-state index is 0.0614. The van der Waals surface area contributed by atoms with Gasteiger partial charge >= 0.3 is 0 Å². The number of fused-ring (bicyclic) bond motifs is 11. The molecule has 1 aromatic heterocycles. The molecule has 254 valence electrons. The quantitative estimate of drug-likeness (QED) is 0.185. The van der Waals surface area contributed by atoms with Gasteiger partial charge in [0.25, 0.3) is 0 Å². The fourth-order valence-electron chi connectivity index (χ4n) is 10.3. The van der Waals surface area contributed by atoms with E-state index in [1.165, 1.54) is 44.4 Å². The van der Waals surface area contributed by atoms with Gasteiger partial charge in [0.2, 0.25) is 0 Å². The number of nitrogens with zero attached hydrogens (tertiary/aromatic N) is 4. The van der Waals surface area contributed by atoms with Crippen LogP contribution in [0.3, 0.4) is 0 Å².